The van der Waals surface area contributed by atoms with E-state index in [0.717, 1.165) is 5.75 Å². The Hall–Kier alpha value is -2.24. The van der Waals surface area contributed by atoms with E-state index in [9.17, 15) is 9.59 Å². The van der Waals surface area contributed by atoms with E-state index in [4.69, 9.17) is 14.2 Å². The number of hydrogen-bond acceptors (Lipinski definition) is 5. The van der Waals surface area contributed by atoms with Crippen LogP contribution in [0, 0.1) is 5.92 Å². The number of carbonyl (C=O) groups excluding carboxylic acids is 2. The van der Waals surface area contributed by atoms with Crippen LogP contribution in [0.4, 0.5) is 0 Å². The monoisotopic (exact) mass is 321 g/mol. The lowest BCUT2D eigenvalue weighted by atomic mass is 9.90. The van der Waals surface area contributed by atoms with E-state index in [-0.39, 0.29) is 24.3 Å². The smallest absolute Gasteiger partial charge is 0.307 e. The summed E-state index contributed by atoms with van der Waals surface area (Å²) in [5.74, 6) is 0.459. The molecule has 1 amide bonds. The molecule has 2 atom stereocenters. The van der Waals surface area contributed by atoms with Crippen molar-refractivity contribution in [2.24, 2.45) is 5.92 Å². The molecular formula is C17H23NO5. The number of ether oxygens (including phenoxy) is 3. The molecular weight excluding hydrogens is 298 g/mol. The Morgan fingerprint density at radius 3 is 2.48 bits per heavy atom. The van der Waals surface area contributed by atoms with Gasteiger partial charge in [-0.15, -0.1) is 0 Å². The lowest BCUT2D eigenvalue weighted by Crippen LogP contribution is -2.45. The highest BCUT2D eigenvalue weighted by atomic mass is 16.6. The van der Waals surface area contributed by atoms with Crippen LogP contribution < -0.4 is 14.8 Å². The Labute approximate surface area is 136 Å². The van der Waals surface area contributed by atoms with Crippen molar-refractivity contribution in [3.05, 3.63) is 24.3 Å². The van der Waals surface area contributed by atoms with Gasteiger partial charge in [0.2, 0.25) is 5.91 Å². The van der Waals surface area contributed by atoms with Crippen LogP contribution in [-0.2, 0) is 14.3 Å². The van der Waals surface area contributed by atoms with Crippen LogP contribution in [0.3, 0.4) is 0 Å². The standard InChI is InChI=1S/C17H23NO5/c1-11(10-22-13-7-5-12(21-4)6-8-13)18-16(20)14-9-15(19)23-17(14,2)3/h5-8,11,14H,9-10H2,1-4H3,(H,18,20)/t11-,14+/m1/s1. The second kappa shape index (κ2) is 6.89. The third-order valence-corrected chi connectivity index (χ3v) is 3.85. The fraction of sp³-hybridized carbons (Fsp3) is 0.529. The predicted octanol–water partition coefficient (Wildman–Crippen LogP) is 1.92. The van der Waals surface area contributed by atoms with Gasteiger partial charge in [0.15, 0.2) is 0 Å². The largest absolute Gasteiger partial charge is 0.497 e. The van der Waals surface area contributed by atoms with E-state index < -0.39 is 11.5 Å². The highest BCUT2D eigenvalue weighted by Crippen LogP contribution is 2.32. The molecule has 0 bridgehead atoms. The van der Waals surface area contributed by atoms with Gasteiger partial charge in [0.05, 0.1) is 25.5 Å². The molecule has 0 aromatic heterocycles. The highest BCUT2D eigenvalue weighted by molar-refractivity contribution is 5.87. The van der Waals surface area contributed by atoms with Gasteiger partial charge < -0.3 is 19.5 Å². The summed E-state index contributed by atoms with van der Waals surface area (Å²) in [6, 6.07) is 7.04. The zero-order chi connectivity index (χ0) is 17.0. The minimum absolute atomic E-state index is 0.116. The van der Waals surface area contributed by atoms with Crippen molar-refractivity contribution in [3.8, 4) is 11.5 Å². The molecule has 0 saturated carbocycles. The molecule has 0 unspecified atom stereocenters. The fourth-order valence-corrected chi connectivity index (χ4v) is 2.51. The number of esters is 1. The Morgan fingerprint density at radius 1 is 1.35 bits per heavy atom. The molecule has 1 aromatic rings. The topological polar surface area (TPSA) is 73.9 Å². The van der Waals surface area contributed by atoms with Gasteiger partial charge in [-0.05, 0) is 45.0 Å². The number of benzene rings is 1. The molecule has 1 fully saturated rings. The Kier molecular flexibility index (Phi) is 5.13. The highest BCUT2D eigenvalue weighted by Gasteiger charge is 2.46. The molecule has 1 heterocycles. The molecule has 1 aromatic carbocycles. The number of rotatable bonds is 6. The van der Waals surface area contributed by atoms with Gasteiger partial charge in [0.1, 0.15) is 23.7 Å². The molecule has 0 aliphatic carbocycles. The van der Waals surface area contributed by atoms with Crippen molar-refractivity contribution < 1.29 is 23.8 Å². The minimum Gasteiger partial charge on any atom is -0.497 e. The summed E-state index contributed by atoms with van der Waals surface area (Å²) in [6.07, 6.45) is 0.116. The van der Waals surface area contributed by atoms with Crippen molar-refractivity contribution >= 4 is 11.9 Å². The van der Waals surface area contributed by atoms with Gasteiger partial charge in [-0.2, -0.15) is 0 Å². The van der Waals surface area contributed by atoms with Crippen LogP contribution in [0.1, 0.15) is 27.2 Å². The van der Waals surface area contributed by atoms with Gasteiger partial charge in [-0.1, -0.05) is 0 Å². The Morgan fingerprint density at radius 2 is 1.96 bits per heavy atom. The lowest BCUT2D eigenvalue weighted by molar-refractivity contribution is -0.147. The third-order valence-electron chi connectivity index (χ3n) is 3.85. The first kappa shape index (κ1) is 17.1. The van der Waals surface area contributed by atoms with Crippen molar-refractivity contribution in [2.45, 2.75) is 38.8 Å². The maximum absolute atomic E-state index is 12.3. The van der Waals surface area contributed by atoms with E-state index in [1.165, 1.54) is 0 Å². The van der Waals surface area contributed by atoms with Gasteiger partial charge in [-0.3, -0.25) is 9.59 Å². The minimum atomic E-state index is -0.766. The van der Waals surface area contributed by atoms with Gasteiger partial charge in [0, 0.05) is 0 Å². The van der Waals surface area contributed by atoms with Crippen LogP contribution >= 0.6 is 0 Å². The zero-order valence-electron chi connectivity index (χ0n) is 13.9. The van der Waals surface area contributed by atoms with Crippen molar-refractivity contribution in [1.29, 1.82) is 0 Å². The average molecular weight is 321 g/mol. The number of nitrogens with one attached hydrogen (secondary N) is 1. The summed E-state index contributed by atoms with van der Waals surface area (Å²) in [7, 11) is 1.60. The molecule has 23 heavy (non-hydrogen) atoms. The normalized spacial score (nSPS) is 20.5. The Balaban J connectivity index is 1.83. The summed E-state index contributed by atoms with van der Waals surface area (Å²) in [6.45, 7) is 5.69. The SMILES string of the molecule is COc1ccc(OC[C@@H](C)NC(=O)[C@@H]2CC(=O)OC2(C)C)cc1. The van der Waals surface area contributed by atoms with Gasteiger partial charge >= 0.3 is 5.97 Å². The first-order valence-corrected chi connectivity index (χ1v) is 7.61. The van der Waals surface area contributed by atoms with Crippen molar-refractivity contribution in [1.82, 2.24) is 5.32 Å². The van der Waals surface area contributed by atoms with Crippen LogP contribution in [-0.4, -0.2) is 37.2 Å². The molecule has 1 aliphatic rings. The van der Waals surface area contributed by atoms with Crippen LogP contribution in [0.25, 0.3) is 0 Å². The molecule has 6 nitrogen and oxygen atoms in total. The van der Waals surface area contributed by atoms with Crippen LogP contribution in [0.15, 0.2) is 24.3 Å². The van der Waals surface area contributed by atoms with E-state index in [1.54, 1.807) is 33.1 Å². The van der Waals surface area contributed by atoms with E-state index in [2.05, 4.69) is 5.32 Å². The van der Waals surface area contributed by atoms with Crippen molar-refractivity contribution in [2.75, 3.05) is 13.7 Å². The fourth-order valence-electron chi connectivity index (χ4n) is 2.51. The van der Waals surface area contributed by atoms with Gasteiger partial charge in [0.25, 0.3) is 0 Å². The first-order valence-electron chi connectivity index (χ1n) is 7.61. The molecule has 1 saturated heterocycles. The molecule has 1 aliphatic heterocycles. The molecule has 6 heteroatoms. The second-order valence-corrected chi connectivity index (χ2v) is 6.23. The lowest BCUT2D eigenvalue weighted by Gasteiger charge is -2.25. The second-order valence-electron chi connectivity index (χ2n) is 6.23. The summed E-state index contributed by atoms with van der Waals surface area (Å²) in [4.78, 5) is 23.7. The molecule has 0 radical (unpaired) electrons. The number of methoxy groups -OCH3 is 1. The number of cyclic esters (lactones) is 1. The quantitative estimate of drug-likeness (QED) is 0.810. The van der Waals surface area contributed by atoms with Crippen LogP contribution in [0.2, 0.25) is 0 Å². The van der Waals surface area contributed by atoms with Gasteiger partial charge in [-0.25, -0.2) is 0 Å². The third kappa shape index (κ3) is 4.37. The van der Waals surface area contributed by atoms with E-state index >= 15 is 0 Å². The molecule has 126 valence electrons. The summed E-state index contributed by atoms with van der Waals surface area (Å²) < 4.78 is 15.9. The van der Waals surface area contributed by atoms with E-state index in [1.807, 2.05) is 19.1 Å². The molecule has 2 rings (SSSR count). The number of hydrogen-bond donors (Lipinski definition) is 1. The predicted molar refractivity (Wildman–Crippen MR) is 84.4 cm³/mol. The molecule has 0 spiro atoms. The van der Waals surface area contributed by atoms with Crippen LogP contribution in [0.5, 0.6) is 11.5 Å². The maximum Gasteiger partial charge on any atom is 0.307 e. The molecule has 1 N–H and O–H groups in total. The Bertz CT molecular complexity index is 567. The average Bonchev–Trinajstić information content (AvgIpc) is 2.78. The number of carbonyl (C=O) groups is 2. The maximum atomic E-state index is 12.3. The summed E-state index contributed by atoms with van der Waals surface area (Å²) >= 11 is 0. The van der Waals surface area contributed by atoms with E-state index in [0.29, 0.717) is 12.4 Å². The van der Waals surface area contributed by atoms with Crippen molar-refractivity contribution in [3.63, 3.8) is 0 Å². The number of amides is 1. The first-order chi connectivity index (χ1) is 10.8. The summed E-state index contributed by atoms with van der Waals surface area (Å²) in [5, 5.41) is 2.87. The zero-order valence-corrected chi connectivity index (χ0v) is 13.9. The summed E-state index contributed by atoms with van der Waals surface area (Å²) in [5.41, 5.74) is -0.766.